The number of aromatic nitrogens is 4. The van der Waals surface area contributed by atoms with Crippen LogP contribution in [-0.4, -0.2) is 26.2 Å². The Morgan fingerprint density at radius 1 is 1.42 bits per heavy atom. The van der Waals surface area contributed by atoms with Gasteiger partial charge in [0.1, 0.15) is 0 Å². The quantitative estimate of drug-likeness (QED) is 0.814. The molecule has 0 aliphatic heterocycles. The Kier molecular flexibility index (Phi) is 3.79. The number of aryl methyl sites for hydroxylation is 1. The molecule has 1 heterocycles. The van der Waals surface area contributed by atoms with Gasteiger partial charge in [-0.1, -0.05) is 12.1 Å². The Morgan fingerprint density at radius 2 is 2.32 bits per heavy atom. The van der Waals surface area contributed by atoms with Crippen LogP contribution in [0.5, 0.6) is 0 Å². The van der Waals surface area contributed by atoms with Gasteiger partial charge in [-0.05, 0) is 35.8 Å². The molecule has 1 aromatic heterocycles. The Balaban J connectivity index is 1.55. The van der Waals surface area contributed by atoms with E-state index in [2.05, 4.69) is 45.0 Å². The second kappa shape index (κ2) is 5.71. The molecule has 0 radical (unpaired) electrons. The molecule has 0 unspecified atom stereocenters. The van der Waals surface area contributed by atoms with Crippen LogP contribution >= 0.6 is 11.8 Å². The van der Waals surface area contributed by atoms with Crippen LogP contribution in [0.2, 0.25) is 0 Å². The van der Waals surface area contributed by atoms with Gasteiger partial charge in [0.2, 0.25) is 0 Å². The number of tetrazole rings is 1. The topological polar surface area (TPSA) is 55.6 Å². The summed E-state index contributed by atoms with van der Waals surface area (Å²) in [6.07, 6.45) is 2.65. The fourth-order valence-corrected chi connectivity index (χ4v) is 2.64. The maximum Gasteiger partial charge on any atom is 0.184 e. The van der Waals surface area contributed by atoms with Crippen LogP contribution in [0, 0.1) is 0 Å². The third kappa shape index (κ3) is 3.78. The fraction of sp³-hybridized carbons (Fsp3) is 0.462. The molecule has 5 nitrogen and oxygen atoms in total. The van der Waals surface area contributed by atoms with E-state index >= 15 is 0 Å². The maximum absolute atomic E-state index is 4.18. The number of benzene rings is 1. The van der Waals surface area contributed by atoms with E-state index in [9.17, 15) is 0 Å². The van der Waals surface area contributed by atoms with Gasteiger partial charge in [0.05, 0.1) is 12.8 Å². The lowest BCUT2D eigenvalue weighted by molar-refractivity contribution is 0.628. The molecule has 0 spiro atoms. The third-order valence-corrected chi connectivity index (χ3v) is 3.98. The van der Waals surface area contributed by atoms with E-state index < -0.39 is 0 Å². The molecular weight excluding hydrogens is 258 g/mol. The van der Waals surface area contributed by atoms with Crippen molar-refractivity contribution < 1.29 is 0 Å². The lowest BCUT2D eigenvalue weighted by Gasteiger charge is -2.05. The van der Waals surface area contributed by atoms with E-state index in [1.54, 1.807) is 18.8 Å². The zero-order valence-corrected chi connectivity index (χ0v) is 11.7. The Labute approximate surface area is 116 Å². The molecule has 19 heavy (non-hydrogen) atoms. The van der Waals surface area contributed by atoms with Crippen molar-refractivity contribution >= 4 is 11.8 Å². The second-order valence-electron chi connectivity index (χ2n) is 4.79. The van der Waals surface area contributed by atoms with Crippen molar-refractivity contribution in [3.8, 4) is 0 Å². The van der Waals surface area contributed by atoms with E-state index in [1.807, 2.05) is 0 Å². The highest BCUT2D eigenvalue weighted by molar-refractivity contribution is 7.98. The van der Waals surface area contributed by atoms with Crippen molar-refractivity contribution in [3.05, 3.63) is 35.7 Å². The van der Waals surface area contributed by atoms with Gasteiger partial charge in [-0.25, -0.2) is 0 Å². The summed E-state index contributed by atoms with van der Waals surface area (Å²) >= 11 is 1.74. The Bertz CT molecular complexity index is 549. The number of nitrogens with one attached hydrogen (secondary N) is 1. The monoisotopic (exact) mass is 275 g/mol. The summed E-state index contributed by atoms with van der Waals surface area (Å²) in [6, 6.07) is 9.38. The zero-order chi connectivity index (χ0) is 13.1. The minimum Gasteiger partial charge on any atom is -0.310 e. The van der Waals surface area contributed by atoms with Crippen LogP contribution in [-0.2, 0) is 19.3 Å². The van der Waals surface area contributed by atoms with Crippen LogP contribution in [0.1, 0.15) is 24.2 Å². The van der Waals surface area contributed by atoms with Crippen molar-refractivity contribution in [1.29, 1.82) is 0 Å². The summed E-state index contributed by atoms with van der Waals surface area (Å²) in [4.78, 5) is 2.74. The van der Waals surface area contributed by atoms with Crippen LogP contribution < -0.4 is 5.32 Å². The lowest BCUT2D eigenvalue weighted by atomic mass is 10.2. The number of hydrogen-bond acceptors (Lipinski definition) is 5. The predicted octanol–water partition coefficient (Wildman–Crippen LogP) is 1.75. The summed E-state index contributed by atoms with van der Waals surface area (Å²) in [5.41, 5.74) is 1.34. The van der Waals surface area contributed by atoms with E-state index in [1.165, 1.54) is 28.1 Å². The molecule has 1 N–H and O–H groups in total. The highest BCUT2D eigenvalue weighted by atomic mass is 32.2. The van der Waals surface area contributed by atoms with Crippen LogP contribution in [0.3, 0.4) is 0 Å². The Hall–Kier alpha value is -1.40. The number of hydrogen-bond donors (Lipinski definition) is 1. The first kappa shape index (κ1) is 12.6. The van der Waals surface area contributed by atoms with Crippen molar-refractivity contribution in [1.82, 2.24) is 25.5 Å². The fourth-order valence-electron chi connectivity index (χ4n) is 1.82. The molecule has 0 atom stereocenters. The molecule has 0 amide bonds. The maximum atomic E-state index is 4.18. The SMILES string of the molecule is Cn1nnc(CSc2cccc(CNC3CC3)c2)n1. The zero-order valence-electron chi connectivity index (χ0n) is 10.9. The summed E-state index contributed by atoms with van der Waals surface area (Å²) in [7, 11) is 1.78. The number of nitrogens with zero attached hydrogens (tertiary/aromatic N) is 4. The van der Waals surface area contributed by atoms with Gasteiger partial charge in [-0.3, -0.25) is 0 Å². The number of rotatable bonds is 6. The van der Waals surface area contributed by atoms with Crippen molar-refractivity contribution in [2.45, 2.75) is 36.1 Å². The van der Waals surface area contributed by atoms with Gasteiger partial charge in [-0.2, -0.15) is 4.80 Å². The lowest BCUT2D eigenvalue weighted by Crippen LogP contribution is -2.15. The second-order valence-corrected chi connectivity index (χ2v) is 5.84. The average molecular weight is 275 g/mol. The minimum atomic E-state index is 0.750. The standard InChI is InChI=1S/C13H17N5S/c1-18-16-13(15-17-18)9-19-12-4-2-3-10(7-12)8-14-11-5-6-11/h2-4,7,11,14H,5-6,8-9H2,1H3. The van der Waals surface area contributed by atoms with Gasteiger partial charge in [0, 0.05) is 17.5 Å². The van der Waals surface area contributed by atoms with Crippen molar-refractivity contribution in [3.63, 3.8) is 0 Å². The van der Waals surface area contributed by atoms with Gasteiger partial charge in [0.15, 0.2) is 5.82 Å². The van der Waals surface area contributed by atoms with Gasteiger partial charge < -0.3 is 5.32 Å². The minimum absolute atomic E-state index is 0.750. The molecule has 0 bridgehead atoms. The van der Waals surface area contributed by atoms with Gasteiger partial charge in [0.25, 0.3) is 0 Å². The van der Waals surface area contributed by atoms with E-state index in [0.29, 0.717) is 0 Å². The molecular formula is C13H17N5S. The first-order valence-corrected chi connectivity index (χ1v) is 7.46. The molecule has 1 aromatic carbocycles. The Morgan fingerprint density at radius 3 is 3.05 bits per heavy atom. The molecule has 1 aliphatic carbocycles. The molecule has 2 aromatic rings. The summed E-state index contributed by atoms with van der Waals surface area (Å²) < 4.78 is 0. The van der Waals surface area contributed by atoms with Crippen LogP contribution in [0.4, 0.5) is 0 Å². The highest BCUT2D eigenvalue weighted by Crippen LogP contribution is 2.23. The molecule has 1 saturated carbocycles. The largest absolute Gasteiger partial charge is 0.310 e. The smallest absolute Gasteiger partial charge is 0.184 e. The number of thioether (sulfide) groups is 1. The molecule has 3 rings (SSSR count). The summed E-state index contributed by atoms with van der Waals surface area (Å²) in [6.45, 7) is 0.961. The normalized spacial score (nSPS) is 14.8. The van der Waals surface area contributed by atoms with E-state index in [4.69, 9.17) is 0 Å². The van der Waals surface area contributed by atoms with Gasteiger partial charge in [-0.15, -0.1) is 22.0 Å². The van der Waals surface area contributed by atoms with E-state index in [-0.39, 0.29) is 0 Å². The predicted molar refractivity (Wildman–Crippen MR) is 74.7 cm³/mol. The first-order chi connectivity index (χ1) is 9.29. The highest BCUT2D eigenvalue weighted by Gasteiger charge is 2.19. The summed E-state index contributed by atoms with van der Waals surface area (Å²) in [5.74, 6) is 1.53. The van der Waals surface area contributed by atoms with Crippen molar-refractivity contribution in [2.75, 3.05) is 0 Å². The first-order valence-electron chi connectivity index (χ1n) is 6.47. The molecule has 6 heteroatoms. The van der Waals surface area contributed by atoms with Gasteiger partial charge >= 0.3 is 0 Å². The molecule has 1 aliphatic rings. The molecule has 0 saturated heterocycles. The van der Waals surface area contributed by atoms with Crippen LogP contribution in [0.25, 0.3) is 0 Å². The summed E-state index contributed by atoms with van der Waals surface area (Å²) in [5, 5.41) is 15.5. The average Bonchev–Trinajstić information content (AvgIpc) is 3.16. The molecule has 100 valence electrons. The third-order valence-electron chi connectivity index (χ3n) is 2.99. The molecule has 1 fully saturated rings. The van der Waals surface area contributed by atoms with E-state index in [0.717, 1.165) is 24.2 Å². The van der Waals surface area contributed by atoms with Crippen LogP contribution in [0.15, 0.2) is 29.2 Å². The van der Waals surface area contributed by atoms with Crippen molar-refractivity contribution in [2.24, 2.45) is 7.05 Å².